The lowest BCUT2D eigenvalue weighted by Crippen LogP contribution is -2.43. The third-order valence-corrected chi connectivity index (χ3v) is 5.20. The molecule has 1 saturated carbocycles. The molecule has 0 saturated heterocycles. The molecule has 108 valence electrons. The van der Waals surface area contributed by atoms with E-state index in [-0.39, 0.29) is 5.41 Å². The fourth-order valence-corrected chi connectivity index (χ4v) is 4.04. The van der Waals surface area contributed by atoms with Gasteiger partial charge in [0.15, 0.2) is 0 Å². The topological polar surface area (TPSA) is 0 Å². The standard InChI is InChI=1S/C22H20/c1-4-10-18(11-5-1)21-16-17-22(21,19-12-6-2-7-13-19)20-14-8-3-9-15-20/h1-15,21H,16-17H2. The van der Waals surface area contributed by atoms with Gasteiger partial charge < -0.3 is 0 Å². The fourth-order valence-electron chi connectivity index (χ4n) is 4.04. The molecule has 0 aromatic heterocycles. The molecule has 0 N–H and O–H groups in total. The molecule has 0 nitrogen and oxygen atoms in total. The summed E-state index contributed by atoms with van der Waals surface area (Å²) in [6, 6.07) is 33.1. The van der Waals surface area contributed by atoms with Gasteiger partial charge in [-0.3, -0.25) is 0 Å². The molecule has 4 rings (SSSR count). The molecular formula is C22H20. The summed E-state index contributed by atoms with van der Waals surface area (Å²) in [5, 5.41) is 0. The minimum absolute atomic E-state index is 0.129. The van der Waals surface area contributed by atoms with Gasteiger partial charge in [-0.25, -0.2) is 0 Å². The zero-order chi connectivity index (χ0) is 14.8. The van der Waals surface area contributed by atoms with Gasteiger partial charge in [-0.1, -0.05) is 91.0 Å². The van der Waals surface area contributed by atoms with Crippen LogP contribution in [0.3, 0.4) is 0 Å². The van der Waals surface area contributed by atoms with Gasteiger partial charge in [0.1, 0.15) is 0 Å². The minimum Gasteiger partial charge on any atom is -0.0622 e. The predicted molar refractivity (Wildman–Crippen MR) is 92.1 cm³/mol. The van der Waals surface area contributed by atoms with Crippen LogP contribution in [0.1, 0.15) is 35.4 Å². The van der Waals surface area contributed by atoms with Crippen LogP contribution in [0.2, 0.25) is 0 Å². The molecule has 0 spiro atoms. The summed E-state index contributed by atoms with van der Waals surface area (Å²) in [5.74, 6) is 0.568. The van der Waals surface area contributed by atoms with Crippen molar-refractivity contribution in [2.45, 2.75) is 24.2 Å². The molecule has 1 aliphatic carbocycles. The highest BCUT2D eigenvalue weighted by molar-refractivity contribution is 5.48. The third kappa shape index (κ3) is 1.99. The largest absolute Gasteiger partial charge is 0.0622 e. The van der Waals surface area contributed by atoms with Gasteiger partial charge in [0, 0.05) is 5.41 Å². The van der Waals surface area contributed by atoms with E-state index in [1.54, 1.807) is 0 Å². The Labute approximate surface area is 132 Å². The average Bonchev–Trinajstić information content (AvgIpc) is 2.57. The Morgan fingerprint density at radius 2 is 1.05 bits per heavy atom. The van der Waals surface area contributed by atoms with Crippen LogP contribution in [0, 0.1) is 0 Å². The first kappa shape index (κ1) is 13.3. The summed E-state index contributed by atoms with van der Waals surface area (Å²) >= 11 is 0. The Balaban J connectivity index is 1.88. The molecule has 0 heterocycles. The molecule has 22 heavy (non-hydrogen) atoms. The summed E-state index contributed by atoms with van der Waals surface area (Å²) in [5.41, 5.74) is 4.48. The highest BCUT2D eigenvalue weighted by Crippen LogP contribution is 2.58. The molecule has 0 heteroatoms. The highest BCUT2D eigenvalue weighted by atomic mass is 14.5. The summed E-state index contributed by atoms with van der Waals surface area (Å²) in [4.78, 5) is 0. The highest BCUT2D eigenvalue weighted by Gasteiger charge is 2.49. The Hall–Kier alpha value is -2.34. The predicted octanol–water partition coefficient (Wildman–Crippen LogP) is 5.55. The van der Waals surface area contributed by atoms with Crippen molar-refractivity contribution in [3.8, 4) is 0 Å². The van der Waals surface area contributed by atoms with Crippen molar-refractivity contribution >= 4 is 0 Å². The first-order chi connectivity index (χ1) is 10.9. The van der Waals surface area contributed by atoms with Crippen LogP contribution >= 0.6 is 0 Å². The zero-order valence-electron chi connectivity index (χ0n) is 12.7. The van der Waals surface area contributed by atoms with Crippen molar-refractivity contribution in [2.75, 3.05) is 0 Å². The lowest BCUT2D eigenvalue weighted by Gasteiger charge is -2.51. The second-order valence-electron chi connectivity index (χ2n) is 6.21. The van der Waals surface area contributed by atoms with Crippen LogP contribution in [0.25, 0.3) is 0 Å². The first-order valence-electron chi connectivity index (χ1n) is 8.07. The summed E-state index contributed by atoms with van der Waals surface area (Å²) in [7, 11) is 0. The van der Waals surface area contributed by atoms with Crippen LogP contribution in [0.5, 0.6) is 0 Å². The van der Waals surface area contributed by atoms with Gasteiger partial charge >= 0.3 is 0 Å². The number of rotatable bonds is 3. The van der Waals surface area contributed by atoms with Crippen molar-refractivity contribution < 1.29 is 0 Å². The van der Waals surface area contributed by atoms with Crippen molar-refractivity contribution in [2.24, 2.45) is 0 Å². The van der Waals surface area contributed by atoms with Gasteiger partial charge in [0.05, 0.1) is 0 Å². The third-order valence-electron chi connectivity index (χ3n) is 5.20. The Morgan fingerprint density at radius 1 is 0.591 bits per heavy atom. The summed E-state index contributed by atoms with van der Waals surface area (Å²) < 4.78 is 0. The van der Waals surface area contributed by atoms with Gasteiger partial charge in [0.2, 0.25) is 0 Å². The normalized spacial score (nSPS) is 19.4. The lowest BCUT2D eigenvalue weighted by atomic mass is 9.52. The van der Waals surface area contributed by atoms with E-state index in [1.807, 2.05) is 0 Å². The zero-order valence-corrected chi connectivity index (χ0v) is 12.7. The number of benzene rings is 3. The molecule has 3 aromatic carbocycles. The maximum Gasteiger partial charge on any atom is 0.0271 e. The van der Waals surface area contributed by atoms with Crippen molar-refractivity contribution in [3.63, 3.8) is 0 Å². The van der Waals surface area contributed by atoms with E-state index < -0.39 is 0 Å². The molecule has 1 fully saturated rings. The van der Waals surface area contributed by atoms with E-state index in [2.05, 4.69) is 91.0 Å². The summed E-state index contributed by atoms with van der Waals surface area (Å²) in [6.45, 7) is 0. The van der Waals surface area contributed by atoms with E-state index in [0.29, 0.717) is 5.92 Å². The Morgan fingerprint density at radius 3 is 1.45 bits per heavy atom. The van der Waals surface area contributed by atoms with E-state index in [0.717, 1.165) is 0 Å². The second-order valence-corrected chi connectivity index (χ2v) is 6.21. The number of hydrogen-bond donors (Lipinski definition) is 0. The minimum atomic E-state index is 0.129. The van der Waals surface area contributed by atoms with Crippen LogP contribution in [-0.2, 0) is 5.41 Å². The molecule has 3 aromatic rings. The maximum absolute atomic E-state index is 2.29. The van der Waals surface area contributed by atoms with Gasteiger partial charge in [0.25, 0.3) is 0 Å². The molecule has 0 amide bonds. The Bertz CT molecular complexity index is 689. The Kier molecular flexibility index (Phi) is 3.31. The van der Waals surface area contributed by atoms with Crippen molar-refractivity contribution in [3.05, 3.63) is 108 Å². The van der Waals surface area contributed by atoms with Crippen LogP contribution in [0.15, 0.2) is 91.0 Å². The van der Waals surface area contributed by atoms with E-state index >= 15 is 0 Å². The summed E-state index contributed by atoms with van der Waals surface area (Å²) in [6.07, 6.45) is 2.48. The van der Waals surface area contributed by atoms with E-state index in [4.69, 9.17) is 0 Å². The molecule has 0 radical (unpaired) electrons. The molecular weight excluding hydrogens is 264 g/mol. The van der Waals surface area contributed by atoms with Gasteiger partial charge in [-0.05, 0) is 35.4 Å². The van der Waals surface area contributed by atoms with Gasteiger partial charge in [-0.2, -0.15) is 0 Å². The lowest BCUT2D eigenvalue weighted by molar-refractivity contribution is 0.241. The molecule has 1 atom stereocenters. The van der Waals surface area contributed by atoms with Crippen LogP contribution in [-0.4, -0.2) is 0 Å². The average molecular weight is 284 g/mol. The monoisotopic (exact) mass is 284 g/mol. The second kappa shape index (κ2) is 5.46. The molecule has 0 aliphatic heterocycles. The smallest absolute Gasteiger partial charge is 0.0271 e. The molecule has 0 bridgehead atoms. The maximum atomic E-state index is 2.29. The van der Waals surface area contributed by atoms with Crippen molar-refractivity contribution in [1.29, 1.82) is 0 Å². The first-order valence-corrected chi connectivity index (χ1v) is 8.07. The number of hydrogen-bond acceptors (Lipinski definition) is 0. The van der Waals surface area contributed by atoms with E-state index in [9.17, 15) is 0 Å². The molecule has 1 aliphatic rings. The van der Waals surface area contributed by atoms with Gasteiger partial charge in [-0.15, -0.1) is 0 Å². The van der Waals surface area contributed by atoms with Crippen molar-refractivity contribution in [1.82, 2.24) is 0 Å². The fraction of sp³-hybridized carbons (Fsp3) is 0.182. The van der Waals surface area contributed by atoms with Crippen LogP contribution in [0.4, 0.5) is 0 Å². The SMILES string of the molecule is c1ccc(C2CCC2(c2ccccc2)c2ccccc2)cc1. The van der Waals surface area contributed by atoms with Crippen LogP contribution < -0.4 is 0 Å². The van der Waals surface area contributed by atoms with E-state index in [1.165, 1.54) is 29.5 Å². The quantitative estimate of drug-likeness (QED) is 0.591. The molecule has 1 unspecified atom stereocenters.